The molecule has 1 unspecified atom stereocenters. The van der Waals surface area contributed by atoms with Crippen LogP contribution in [0.3, 0.4) is 0 Å². The second-order valence-corrected chi connectivity index (χ2v) is 7.42. The summed E-state index contributed by atoms with van der Waals surface area (Å²) in [4.78, 5) is 5.50. The summed E-state index contributed by atoms with van der Waals surface area (Å²) in [6.07, 6.45) is 8.44. The standard InChI is InChI=1S/C18H37N3/c1-4-17(9-10-19-3)15-20-11-13-21(14-12-20)18-7-5-16(2)6-8-18/h16-19H,4-15H2,1-3H3. The van der Waals surface area contributed by atoms with Crippen LogP contribution in [0.1, 0.15) is 52.4 Å². The van der Waals surface area contributed by atoms with Crippen LogP contribution < -0.4 is 5.32 Å². The Balaban J connectivity index is 1.67. The zero-order chi connectivity index (χ0) is 15.1. The molecule has 1 saturated heterocycles. The molecule has 1 aliphatic carbocycles. The zero-order valence-corrected chi connectivity index (χ0v) is 14.6. The molecule has 2 fully saturated rings. The van der Waals surface area contributed by atoms with Gasteiger partial charge in [0.15, 0.2) is 0 Å². The van der Waals surface area contributed by atoms with Gasteiger partial charge < -0.3 is 10.2 Å². The molecule has 0 aromatic heterocycles. The van der Waals surface area contributed by atoms with Gasteiger partial charge in [0.25, 0.3) is 0 Å². The van der Waals surface area contributed by atoms with Gasteiger partial charge in [-0.3, -0.25) is 4.90 Å². The van der Waals surface area contributed by atoms with Crippen molar-refractivity contribution in [2.75, 3.05) is 46.3 Å². The third kappa shape index (κ3) is 5.54. The van der Waals surface area contributed by atoms with Gasteiger partial charge in [-0.25, -0.2) is 0 Å². The fraction of sp³-hybridized carbons (Fsp3) is 1.00. The topological polar surface area (TPSA) is 18.5 Å². The summed E-state index contributed by atoms with van der Waals surface area (Å²) in [6, 6.07) is 0.898. The molecule has 0 amide bonds. The van der Waals surface area contributed by atoms with Crippen LogP contribution in [0.4, 0.5) is 0 Å². The largest absolute Gasteiger partial charge is 0.320 e. The highest BCUT2D eigenvalue weighted by Gasteiger charge is 2.27. The van der Waals surface area contributed by atoms with E-state index >= 15 is 0 Å². The summed E-state index contributed by atoms with van der Waals surface area (Å²) in [6.45, 7) is 12.4. The Labute approximate surface area is 132 Å². The molecular formula is C18H37N3. The summed E-state index contributed by atoms with van der Waals surface area (Å²) in [5.41, 5.74) is 0. The van der Waals surface area contributed by atoms with E-state index in [2.05, 4.69) is 36.0 Å². The zero-order valence-electron chi connectivity index (χ0n) is 14.6. The molecule has 0 bridgehead atoms. The number of piperazine rings is 1. The average molecular weight is 296 g/mol. The fourth-order valence-corrected chi connectivity index (χ4v) is 4.06. The predicted octanol–water partition coefficient (Wildman–Crippen LogP) is 2.82. The molecule has 0 aromatic carbocycles. The second kappa shape index (κ2) is 9.12. The first-order valence-electron chi connectivity index (χ1n) is 9.34. The molecule has 0 spiro atoms. The molecule has 1 N–H and O–H groups in total. The van der Waals surface area contributed by atoms with E-state index in [1.165, 1.54) is 77.8 Å². The molecule has 2 rings (SSSR count). The molecule has 0 aromatic rings. The normalized spacial score (nSPS) is 30.4. The molecular weight excluding hydrogens is 258 g/mol. The number of nitrogens with zero attached hydrogens (tertiary/aromatic N) is 2. The smallest absolute Gasteiger partial charge is 0.0113 e. The first kappa shape index (κ1) is 17.2. The van der Waals surface area contributed by atoms with Crippen molar-refractivity contribution in [3.63, 3.8) is 0 Å². The third-order valence-corrected chi connectivity index (χ3v) is 5.80. The summed E-state index contributed by atoms with van der Waals surface area (Å²) < 4.78 is 0. The van der Waals surface area contributed by atoms with E-state index in [-0.39, 0.29) is 0 Å². The Morgan fingerprint density at radius 1 is 1.05 bits per heavy atom. The maximum absolute atomic E-state index is 3.30. The van der Waals surface area contributed by atoms with Gasteiger partial charge in [0.1, 0.15) is 0 Å². The quantitative estimate of drug-likeness (QED) is 0.779. The Bertz CT molecular complexity index is 266. The van der Waals surface area contributed by atoms with Crippen LogP contribution >= 0.6 is 0 Å². The van der Waals surface area contributed by atoms with Gasteiger partial charge >= 0.3 is 0 Å². The van der Waals surface area contributed by atoms with Crippen molar-refractivity contribution in [2.24, 2.45) is 11.8 Å². The molecule has 2 aliphatic rings. The van der Waals surface area contributed by atoms with Crippen molar-refractivity contribution in [1.82, 2.24) is 15.1 Å². The van der Waals surface area contributed by atoms with Gasteiger partial charge in [-0.05, 0) is 57.5 Å². The molecule has 3 heteroatoms. The van der Waals surface area contributed by atoms with Gasteiger partial charge in [0.2, 0.25) is 0 Å². The van der Waals surface area contributed by atoms with Crippen LogP contribution in [0.2, 0.25) is 0 Å². The highest BCUT2D eigenvalue weighted by Crippen LogP contribution is 2.27. The molecule has 1 aliphatic heterocycles. The summed E-state index contributed by atoms with van der Waals surface area (Å²) in [5, 5.41) is 3.30. The lowest BCUT2D eigenvalue weighted by Crippen LogP contribution is -2.51. The van der Waals surface area contributed by atoms with Crippen molar-refractivity contribution >= 4 is 0 Å². The summed E-state index contributed by atoms with van der Waals surface area (Å²) in [5.74, 6) is 1.85. The van der Waals surface area contributed by atoms with Gasteiger partial charge in [0.05, 0.1) is 0 Å². The van der Waals surface area contributed by atoms with Gasteiger partial charge in [0, 0.05) is 38.8 Å². The molecule has 1 saturated carbocycles. The first-order valence-corrected chi connectivity index (χ1v) is 9.34. The highest BCUT2D eigenvalue weighted by molar-refractivity contribution is 4.83. The van der Waals surface area contributed by atoms with E-state index in [0.717, 1.165) is 17.9 Å². The second-order valence-electron chi connectivity index (χ2n) is 7.42. The Morgan fingerprint density at radius 2 is 1.71 bits per heavy atom. The lowest BCUT2D eigenvalue weighted by Gasteiger charge is -2.42. The SMILES string of the molecule is CCC(CCNC)CN1CCN(C2CCC(C)CC2)CC1. The number of rotatable bonds is 7. The molecule has 3 nitrogen and oxygen atoms in total. The third-order valence-electron chi connectivity index (χ3n) is 5.80. The number of hydrogen-bond acceptors (Lipinski definition) is 3. The van der Waals surface area contributed by atoms with Gasteiger partial charge in [-0.15, -0.1) is 0 Å². The monoisotopic (exact) mass is 295 g/mol. The van der Waals surface area contributed by atoms with Crippen molar-refractivity contribution in [3.05, 3.63) is 0 Å². The average Bonchev–Trinajstić information content (AvgIpc) is 2.53. The minimum absolute atomic E-state index is 0.875. The predicted molar refractivity (Wildman–Crippen MR) is 91.8 cm³/mol. The fourth-order valence-electron chi connectivity index (χ4n) is 4.06. The number of nitrogens with one attached hydrogen (secondary N) is 1. The molecule has 21 heavy (non-hydrogen) atoms. The minimum atomic E-state index is 0.875. The van der Waals surface area contributed by atoms with E-state index in [9.17, 15) is 0 Å². The van der Waals surface area contributed by atoms with Crippen LogP contribution in [0.15, 0.2) is 0 Å². The van der Waals surface area contributed by atoms with Crippen molar-refractivity contribution in [3.8, 4) is 0 Å². The van der Waals surface area contributed by atoms with Crippen molar-refractivity contribution < 1.29 is 0 Å². The van der Waals surface area contributed by atoms with E-state index in [1.54, 1.807) is 0 Å². The summed E-state index contributed by atoms with van der Waals surface area (Å²) in [7, 11) is 2.07. The van der Waals surface area contributed by atoms with Crippen LogP contribution in [0.25, 0.3) is 0 Å². The van der Waals surface area contributed by atoms with Crippen molar-refractivity contribution in [2.45, 2.75) is 58.4 Å². The number of hydrogen-bond donors (Lipinski definition) is 1. The minimum Gasteiger partial charge on any atom is -0.320 e. The van der Waals surface area contributed by atoms with Crippen LogP contribution in [-0.2, 0) is 0 Å². The van der Waals surface area contributed by atoms with E-state index in [1.807, 2.05) is 0 Å². The first-order chi connectivity index (χ1) is 10.2. The molecule has 1 atom stereocenters. The van der Waals surface area contributed by atoms with Crippen LogP contribution in [-0.4, -0.2) is 62.2 Å². The molecule has 124 valence electrons. The lowest BCUT2D eigenvalue weighted by atomic mass is 9.86. The van der Waals surface area contributed by atoms with Gasteiger partial charge in [-0.1, -0.05) is 20.3 Å². The Morgan fingerprint density at radius 3 is 2.29 bits per heavy atom. The van der Waals surface area contributed by atoms with Crippen LogP contribution in [0, 0.1) is 11.8 Å². The van der Waals surface area contributed by atoms with E-state index < -0.39 is 0 Å². The molecule has 1 heterocycles. The lowest BCUT2D eigenvalue weighted by molar-refractivity contribution is 0.0638. The molecule has 0 radical (unpaired) electrons. The Hall–Kier alpha value is -0.120. The maximum atomic E-state index is 3.30. The maximum Gasteiger partial charge on any atom is 0.0113 e. The van der Waals surface area contributed by atoms with E-state index in [4.69, 9.17) is 0 Å². The summed E-state index contributed by atoms with van der Waals surface area (Å²) >= 11 is 0. The Kier molecular flexibility index (Phi) is 7.48. The van der Waals surface area contributed by atoms with Crippen LogP contribution in [0.5, 0.6) is 0 Å². The van der Waals surface area contributed by atoms with E-state index in [0.29, 0.717) is 0 Å². The highest BCUT2D eigenvalue weighted by atomic mass is 15.3. The van der Waals surface area contributed by atoms with Crippen molar-refractivity contribution in [1.29, 1.82) is 0 Å². The van der Waals surface area contributed by atoms with Gasteiger partial charge in [-0.2, -0.15) is 0 Å².